The second-order valence-electron chi connectivity index (χ2n) is 4.09. The number of fused-ring (bicyclic) bond motifs is 1. The van der Waals surface area contributed by atoms with E-state index in [1.54, 1.807) is 18.2 Å². The second kappa shape index (κ2) is 5.19. The maximum Gasteiger partial charge on any atom is 0.138 e. The maximum atomic E-state index is 13.8. The van der Waals surface area contributed by atoms with Gasteiger partial charge in [0.2, 0.25) is 0 Å². The van der Waals surface area contributed by atoms with Gasteiger partial charge < -0.3 is 4.74 Å². The van der Waals surface area contributed by atoms with Gasteiger partial charge in [0.15, 0.2) is 0 Å². The van der Waals surface area contributed by atoms with Gasteiger partial charge in [-0.2, -0.15) is 0 Å². The third-order valence-electron chi connectivity index (χ3n) is 2.84. The summed E-state index contributed by atoms with van der Waals surface area (Å²) >= 11 is 7.53. The molecule has 19 heavy (non-hydrogen) atoms. The minimum atomic E-state index is -0.212. The summed E-state index contributed by atoms with van der Waals surface area (Å²) in [6, 6.07) is 12.3. The van der Waals surface area contributed by atoms with Crippen LogP contribution in [0.25, 0.3) is 10.1 Å². The van der Waals surface area contributed by atoms with Crippen LogP contribution in [0.15, 0.2) is 47.8 Å². The van der Waals surface area contributed by atoms with E-state index in [0.29, 0.717) is 22.8 Å². The van der Waals surface area contributed by atoms with Crippen LogP contribution in [0.5, 0.6) is 5.75 Å². The normalized spacial score (nSPS) is 10.8. The number of thiophene rings is 1. The van der Waals surface area contributed by atoms with Crippen molar-refractivity contribution in [1.29, 1.82) is 0 Å². The van der Waals surface area contributed by atoms with Gasteiger partial charge in [0, 0.05) is 15.6 Å². The molecule has 0 aliphatic heterocycles. The lowest BCUT2D eigenvalue weighted by atomic mass is 10.2. The number of para-hydroxylation sites is 1. The van der Waals surface area contributed by atoms with Crippen molar-refractivity contribution in [3.8, 4) is 5.75 Å². The molecular formula is C15H10ClFOS. The maximum absolute atomic E-state index is 13.8. The molecule has 2 aromatic carbocycles. The zero-order valence-electron chi connectivity index (χ0n) is 9.90. The molecule has 0 atom stereocenters. The zero-order chi connectivity index (χ0) is 13.2. The fourth-order valence-electron chi connectivity index (χ4n) is 1.93. The third-order valence-corrected chi connectivity index (χ3v) is 4.15. The first kappa shape index (κ1) is 12.5. The molecule has 3 aromatic rings. The van der Waals surface area contributed by atoms with E-state index in [1.165, 1.54) is 17.4 Å². The van der Waals surface area contributed by atoms with Gasteiger partial charge in [-0.3, -0.25) is 0 Å². The molecule has 0 saturated heterocycles. The molecule has 0 unspecified atom stereocenters. The number of ether oxygens (including phenoxy) is 1. The molecule has 1 heterocycles. The fourth-order valence-corrected chi connectivity index (χ4v) is 3.08. The second-order valence-corrected chi connectivity index (χ2v) is 5.41. The molecule has 0 bridgehead atoms. The van der Waals surface area contributed by atoms with Crippen LogP contribution in [-0.2, 0) is 6.61 Å². The average molecular weight is 293 g/mol. The molecular weight excluding hydrogens is 283 g/mol. The first-order chi connectivity index (χ1) is 9.25. The van der Waals surface area contributed by atoms with E-state index in [2.05, 4.69) is 0 Å². The van der Waals surface area contributed by atoms with Gasteiger partial charge in [0.25, 0.3) is 0 Å². The van der Waals surface area contributed by atoms with Gasteiger partial charge in [-0.15, -0.1) is 11.3 Å². The van der Waals surface area contributed by atoms with E-state index in [1.807, 2.05) is 23.6 Å². The van der Waals surface area contributed by atoms with Crippen LogP contribution in [-0.4, -0.2) is 0 Å². The van der Waals surface area contributed by atoms with Crippen molar-refractivity contribution in [3.05, 3.63) is 64.2 Å². The smallest absolute Gasteiger partial charge is 0.138 e. The highest BCUT2D eigenvalue weighted by Gasteiger charge is 2.10. The minimum Gasteiger partial charge on any atom is -0.487 e. The number of hydrogen-bond acceptors (Lipinski definition) is 2. The highest BCUT2D eigenvalue weighted by molar-refractivity contribution is 7.17. The predicted octanol–water partition coefficient (Wildman–Crippen LogP) is 5.27. The lowest BCUT2D eigenvalue weighted by Crippen LogP contribution is -1.95. The molecule has 96 valence electrons. The molecule has 1 aromatic heterocycles. The zero-order valence-corrected chi connectivity index (χ0v) is 11.5. The first-order valence-corrected chi connectivity index (χ1v) is 7.03. The Balaban J connectivity index is 1.89. The molecule has 0 N–H and O–H groups in total. The van der Waals surface area contributed by atoms with E-state index < -0.39 is 0 Å². The van der Waals surface area contributed by atoms with Gasteiger partial charge in [0.1, 0.15) is 18.2 Å². The van der Waals surface area contributed by atoms with E-state index in [0.717, 1.165) is 10.3 Å². The van der Waals surface area contributed by atoms with Crippen LogP contribution in [0.3, 0.4) is 0 Å². The predicted molar refractivity (Wildman–Crippen MR) is 77.6 cm³/mol. The molecule has 0 aliphatic rings. The summed E-state index contributed by atoms with van der Waals surface area (Å²) in [6.45, 7) is 0.310. The van der Waals surface area contributed by atoms with Crippen molar-refractivity contribution in [2.45, 2.75) is 6.61 Å². The SMILES string of the molecule is Fc1cccc2scc(COc3ccccc3Cl)c12. The van der Waals surface area contributed by atoms with Crippen LogP contribution in [0.4, 0.5) is 4.39 Å². The number of hydrogen-bond donors (Lipinski definition) is 0. The topological polar surface area (TPSA) is 9.23 Å². The molecule has 0 fully saturated rings. The van der Waals surface area contributed by atoms with Gasteiger partial charge in [-0.1, -0.05) is 29.8 Å². The Labute approximate surface area is 119 Å². The Kier molecular flexibility index (Phi) is 3.40. The van der Waals surface area contributed by atoms with Crippen LogP contribution in [0.1, 0.15) is 5.56 Å². The molecule has 0 amide bonds. The lowest BCUT2D eigenvalue weighted by molar-refractivity contribution is 0.308. The van der Waals surface area contributed by atoms with Crippen molar-refractivity contribution in [2.75, 3.05) is 0 Å². The van der Waals surface area contributed by atoms with E-state index in [9.17, 15) is 4.39 Å². The molecule has 4 heteroatoms. The van der Waals surface area contributed by atoms with Gasteiger partial charge in [-0.25, -0.2) is 4.39 Å². The summed E-state index contributed by atoms with van der Waals surface area (Å²) in [6.07, 6.45) is 0. The van der Waals surface area contributed by atoms with Crippen molar-refractivity contribution in [3.63, 3.8) is 0 Å². The van der Waals surface area contributed by atoms with Crippen molar-refractivity contribution < 1.29 is 9.13 Å². The number of rotatable bonds is 3. The van der Waals surface area contributed by atoms with E-state index in [-0.39, 0.29) is 5.82 Å². The van der Waals surface area contributed by atoms with Gasteiger partial charge >= 0.3 is 0 Å². The Morgan fingerprint density at radius 3 is 2.79 bits per heavy atom. The molecule has 0 radical (unpaired) electrons. The average Bonchev–Trinajstić information content (AvgIpc) is 2.83. The molecule has 3 rings (SSSR count). The number of halogens is 2. The summed E-state index contributed by atoms with van der Waals surface area (Å²) in [5, 5.41) is 3.12. The highest BCUT2D eigenvalue weighted by atomic mass is 35.5. The lowest BCUT2D eigenvalue weighted by Gasteiger charge is -2.07. The van der Waals surface area contributed by atoms with Gasteiger partial charge in [0.05, 0.1) is 5.02 Å². The Bertz CT molecular complexity index is 723. The summed E-state index contributed by atoms with van der Waals surface area (Å²) < 4.78 is 20.4. The Hall–Kier alpha value is -1.58. The van der Waals surface area contributed by atoms with E-state index >= 15 is 0 Å². The van der Waals surface area contributed by atoms with E-state index in [4.69, 9.17) is 16.3 Å². The largest absolute Gasteiger partial charge is 0.487 e. The standard InChI is InChI=1S/C15H10ClFOS/c16-11-4-1-2-6-13(11)18-8-10-9-19-14-7-3-5-12(17)15(10)14/h1-7,9H,8H2. The number of benzene rings is 2. The molecule has 0 aliphatic carbocycles. The summed E-state index contributed by atoms with van der Waals surface area (Å²) in [4.78, 5) is 0. The monoisotopic (exact) mass is 292 g/mol. The van der Waals surface area contributed by atoms with Crippen LogP contribution in [0, 0.1) is 5.82 Å². The quantitative estimate of drug-likeness (QED) is 0.639. The van der Waals surface area contributed by atoms with Crippen molar-refractivity contribution in [1.82, 2.24) is 0 Å². The van der Waals surface area contributed by atoms with Crippen LogP contribution >= 0.6 is 22.9 Å². The van der Waals surface area contributed by atoms with Crippen LogP contribution < -0.4 is 4.74 Å². The van der Waals surface area contributed by atoms with Gasteiger partial charge in [-0.05, 0) is 29.6 Å². The van der Waals surface area contributed by atoms with Crippen LogP contribution in [0.2, 0.25) is 5.02 Å². The first-order valence-electron chi connectivity index (χ1n) is 5.77. The Morgan fingerprint density at radius 2 is 1.95 bits per heavy atom. The minimum absolute atomic E-state index is 0.212. The Morgan fingerprint density at radius 1 is 1.11 bits per heavy atom. The summed E-state index contributed by atoms with van der Waals surface area (Å²) in [5.41, 5.74) is 0.845. The molecule has 1 nitrogen and oxygen atoms in total. The highest BCUT2D eigenvalue weighted by Crippen LogP contribution is 2.30. The molecule has 0 saturated carbocycles. The van der Waals surface area contributed by atoms with Crippen molar-refractivity contribution >= 4 is 33.0 Å². The summed E-state index contributed by atoms with van der Waals surface area (Å²) in [7, 11) is 0. The van der Waals surface area contributed by atoms with Crippen molar-refractivity contribution in [2.24, 2.45) is 0 Å². The summed E-state index contributed by atoms with van der Waals surface area (Å²) in [5.74, 6) is 0.399. The fraction of sp³-hybridized carbons (Fsp3) is 0.0667. The third kappa shape index (κ3) is 2.44. The molecule has 0 spiro atoms.